The number of methoxy groups -OCH3 is 2. The lowest BCUT2D eigenvalue weighted by atomic mass is 10.0. The van der Waals surface area contributed by atoms with Crippen molar-refractivity contribution in [3.8, 4) is 11.5 Å². The molecular formula is C22H26ClN5O4S. The summed E-state index contributed by atoms with van der Waals surface area (Å²) in [5.41, 5.74) is 12.5. The van der Waals surface area contributed by atoms with Crippen molar-refractivity contribution in [1.82, 2.24) is 3.97 Å². The lowest BCUT2D eigenvalue weighted by Gasteiger charge is -2.11. The third-order valence-corrected chi connectivity index (χ3v) is 6.91. The summed E-state index contributed by atoms with van der Waals surface area (Å²) >= 11 is 6.24. The molecule has 3 aromatic rings. The van der Waals surface area contributed by atoms with E-state index in [-0.39, 0.29) is 10.9 Å². The first kappa shape index (κ1) is 24.4. The van der Waals surface area contributed by atoms with Crippen LogP contribution in [0, 0.1) is 0 Å². The fourth-order valence-electron chi connectivity index (χ4n) is 3.39. The highest BCUT2D eigenvalue weighted by atomic mass is 35.5. The number of aromatic nitrogens is 1. The van der Waals surface area contributed by atoms with Crippen molar-refractivity contribution in [3.05, 3.63) is 53.2 Å². The predicted octanol–water partition coefficient (Wildman–Crippen LogP) is 3.72. The molecule has 0 unspecified atom stereocenters. The Morgan fingerprint density at radius 2 is 1.79 bits per heavy atom. The van der Waals surface area contributed by atoms with Gasteiger partial charge in [0.2, 0.25) is 5.96 Å². The van der Waals surface area contributed by atoms with E-state index in [1.165, 1.54) is 36.5 Å². The average Bonchev–Trinajstić information content (AvgIpc) is 3.17. The summed E-state index contributed by atoms with van der Waals surface area (Å²) in [6.07, 6.45) is 3.79. The Bertz CT molecular complexity index is 1330. The van der Waals surface area contributed by atoms with Crippen LogP contribution >= 0.6 is 11.6 Å². The van der Waals surface area contributed by atoms with E-state index in [0.29, 0.717) is 45.1 Å². The van der Waals surface area contributed by atoms with Crippen LogP contribution < -0.4 is 20.9 Å². The van der Waals surface area contributed by atoms with Crippen LogP contribution in [0.15, 0.2) is 57.7 Å². The van der Waals surface area contributed by atoms with E-state index in [0.717, 1.165) is 12.8 Å². The van der Waals surface area contributed by atoms with Crippen molar-refractivity contribution in [2.24, 2.45) is 21.7 Å². The summed E-state index contributed by atoms with van der Waals surface area (Å²) in [5, 5.41) is 9.07. The third kappa shape index (κ3) is 5.07. The van der Waals surface area contributed by atoms with Gasteiger partial charge in [0.1, 0.15) is 0 Å². The standard InChI is InChI=1S/C22H26ClN5O4S/c1-4-5-6-18(26-27-22(24)25)17-13-28(19-9-7-14(23)11-16(17)19)33(29,30)15-8-10-20(31-2)21(12-15)32-3/h7-13H,4-6H2,1-3H3,(H4,24,25,27)/b26-18+. The van der Waals surface area contributed by atoms with E-state index in [2.05, 4.69) is 10.2 Å². The highest BCUT2D eigenvalue weighted by molar-refractivity contribution is 7.90. The topological polar surface area (TPSA) is 134 Å². The smallest absolute Gasteiger partial charge is 0.268 e. The fourth-order valence-corrected chi connectivity index (χ4v) is 4.95. The maximum absolute atomic E-state index is 13.6. The molecule has 0 spiro atoms. The Hall–Kier alpha value is -3.24. The van der Waals surface area contributed by atoms with E-state index < -0.39 is 10.0 Å². The van der Waals surface area contributed by atoms with Gasteiger partial charge in [-0.05, 0) is 43.2 Å². The lowest BCUT2D eigenvalue weighted by Crippen LogP contribution is -2.22. The molecule has 4 N–H and O–H groups in total. The summed E-state index contributed by atoms with van der Waals surface area (Å²) in [6.45, 7) is 2.04. The van der Waals surface area contributed by atoms with E-state index >= 15 is 0 Å². The van der Waals surface area contributed by atoms with Gasteiger partial charge in [-0.2, -0.15) is 5.10 Å². The zero-order valence-electron chi connectivity index (χ0n) is 18.6. The van der Waals surface area contributed by atoms with Crippen molar-refractivity contribution < 1.29 is 17.9 Å². The molecule has 176 valence electrons. The van der Waals surface area contributed by atoms with Crippen LogP contribution in [0.5, 0.6) is 11.5 Å². The Morgan fingerprint density at radius 1 is 1.06 bits per heavy atom. The number of ether oxygens (including phenoxy) is 2. The largest absolute Gasteiger partial charge is 0.493 e. The van der Waals surface area contributed by atoms with Crippen LogP contribution in [-0.4, -0.2) is 38.3 Å². The second-order valence-electron chi connectivity index (χ2n) is 7.20. The first-order chi connectivity index (χ1) is 15.7. The average molecular weight is 492 g/mol. The molecule has 33 heavy (non-hydrogen) atoms. The molecule has 0 bridgehead atoms. The van der Waals surface area contributed by atoms with E-state index in [1.54, 1.807) is 24.3 Å². The van der Waals surface area contributed by atoms with Crippen molar-refractivity contribution in [1.29, 1.82) is 0 Å². The van der Waals surface area contributed by atoms with Gasteiger partial charge in [0.05, 0.1) is 30.3 Å². The summed E-state index contributed by atoms with van der Waals surface area (Å²) in [7, 11) is -1.08. The van der Waals surface area contributed by atoms with Gasteiger partial charge in [0, 0.05) is 28.2 Å². The molecule has 0 fully saturated rings. The van der Waals surface area contributed by atoms with E-state index in [9.17, 15) is 8.42 Å². The second-order valence-corrected chi connectivity index (χ2v) is 9.45. The molecule has 0 amide bonds. The lowest BCUT2D eigenvalue weighted by molar-refractivity contribution is 0.354. The predicted molar refractivity (Wildman–Crippen MR) is 131 cm³/mol. The molecule has 2 aromatic carbocycles. The molecule has 11 heteroatoms. The van der Waals surface area contributed by atoms with Crippen LogP contribution in [0.1, 0.15) is 31.7 Å². The SMILES string of the molecule is CCCC/C(=N\N=C(N)N)c1cn(S(=O)(=O)c2ccc(OC)c(OC)c2)c2ccc(Cl)cc12. The molecule has 0 aliphatic heterocycles. The normalized spacial score (nSPS) is 12.1. The van der Waals surface area contributed by atoms with Crippen LogP contribution in [0.2, 0.25) is 5.02 Å². The molecule has 3 rings (SSSR count). The maximum Gasteiger partial charge on any atom is 0.268 e. The highest BCUT2D eigenvalue weighted by Gasteiger charge is 2.24. The molecule has 0 atom stereocenters. The quantitative estimate of drug-likeness (QED) is 0.266. The Kier molecular flexibility index (Phi) is 7.50. The van der Waals surface area contributed by atoms with Gasteiger partial charge in [0.25, 0.3) is 10.0 Å². The van der Waals surface area contributed by atoms with Crippen LogP contribution in [-0.2, 0) is 10.0 Å². The van der Waals surface area contributed by atoms with E-state index in [4.69, 9.17) is 32.5 Å². The molecule has 1 aromatic heterocycles. The first-order valence-corrected chi connectivity index (χ1v) is 12.0. The molecule has 0 saturated heterocycles. The monoisotopic (exact) mass is 491 g/mol. The van der Waals surface area contributed by atoms with Crippen LogP contribution in [0.4, 0.5) is 0 Å². The van der Waals surface area contributed by atoms with Gasteiger partial charge in [-0.25, -0.2) is 12.4 Å². The Labute approximate surface area is 197 Å². The molecule has 9 nitrogen and oxygen atoms in total. The number of halogens is 1. The highest BCUT2D eigenvalue weighted by Crippen LogP contribution is 2.33. The Balaban J connectivity index is 2.26. The zero-order valence-corrected chi connectivity index (χ0v) is 20.2. The third-order valence-electron chi connectivity index (χ3n) is 5.01. The summed E-state index contributed by atoms with van der Waals surface area (Å²) < 4.78 is 39.0. The molecular weight excluding hydrogens is 466 g/mol. The minimum atomic E-state index is -4.00. The number of hydrogen-bond donors (Lipinski definition) is 2. The van der Waals surface area contributed by atoms with Gasteiger partial charge >= 0.3 is 0 Å². The minimum absolute atomic E-state index is 0.0369. The maximum atomic E-state index is 13.6. The summed E-state index contributed by atoms with van der Waals surface area (Å²) in [6, 6.07) is 9.40. The van der Waals surface area contributed by atoms with Gasteiger partial charge < -0.3 is 20.9 Å². The van der Waals surface area contributed by atoms with Crippen molar-refractivity contribution in [3.63, 3.8) is 0 Å². The molecule has 0 saturated carbocycles. The first-order valence-electron chi connectivity index (χ1n) is 10.2. The number of rotatable bonds is 9. The summed E-state index contributed by atoms with van der Waals surface area (Å²) in [5.74, 6) is 0.535. The van der Waals surface area contributed by atoms with Crippen molar-refractivity contribution in [2.45, 2.75) is 31.1 Å². The number of nitrogens with two attached hydrogens (primary N) is 2. The molecule has 1 heterocycles. The number of unbranched alkanes of at least 4 members (excludes halogenated alkanes) is 1. The van der Waals surface area contributed by atoms with Gasteiger partial charge in [-0.15, -0.1) is 5.10 Å². The number of guanidine groups is 1. The van der Waals surface area contributed by atoms with Crippen molar-refractivity contribution >= 4 is 44.2 Å². The van der Waals surface area contributed by atoms with E-state index in [1.807, 2.05) is 6.92 Å². The molecule has 0 aliphatic carbocycles. The van der Waals surface area contributed by atoms with Gasteiger partial charge in [-0.3, -0.25) is 0 Å². The zero-order chi connectivity index (χ0) is 24.2. The number of fused-ring (bicyclic) bond motifs is 1. The van der Waals surface area contributed by atoms with Crippen LogP contribution in [0.25, 0.3) is 10.9 Å². The van der Waals surface area contributed by atoms with Gasteiger partial charge in [0.15, 0.2) is 11.5 Å². The Morgan fingerprint density at radius 3 is 2.42 bits per heavy atom. The molecule has 0 aliphatic rings. The van der Waals surface area contributed by atoms with Gasteiger partial charge in [-0.1, -0.05) is 24.9 Å². The minimum Gasteiger partial charge on any atom is -0.493 e. The fraction of sp³-hybridized carbons (Fsp3) is 0.273. The number of nitrogens with zero attached hydrogens (tertiary/aromatic N) is 3. The van der Waals surface area contributed by atoms with Crippen LogP contribution in [0.3, 0.4) is 0 Å². The van der Waals surface area contributed by atoms with Crippen molar-refractivity contribution in [2.75, 3.05) is 14.2 Å². The summed E-state index contributed by atoms with van der Waals surface area (Å²) in [4.78, 5) is 0.0369. The number of benzene rings is 2. The molecule has 0 radical (unpaired) electrons. The number of hydrogen-bond acceptors (Lipinski definition) is 6. The second kappa shape index (κ2) is 10.1.